The molecule has 1 N–H and O–H groups in total. The second kappa shape index (κ2) is 10.00. The van der Waals surface area contributed by atoms with Crippen LogP contribution >= 0.6 is 11.6 Å². The summed E-state index contributed by atoms with van der Waals surface area (Å²) in [5.74, 6) is 0.312. The van der Waals surface area contributed by atoms with E-state index in [1.165, 1.54) is 0 Å². The molecule has 0 radical (unpaired) electrons. The summed E-state index contributed by atoms with van der Waals surface area (Å²) in [5, 5.41) is 2.38. The molecule has 2 saturated carbocycles. The van der Waals surface area contributed by atoms with Gasteiger partial charge in [-0.1, -0.05) is 0 Å². The smallest absolute Gasteiger partial charge is 0.232 e. The van der Waals surface area contributed by atoms with Gasteiger partial charge >= 0.3 is 0 Å². The molecule has 5 atom stereocenters. The average molecular weight is 390 g/mol. The zero-order valence-corrected chi connectivity index (χ0v) is 17.2. The molecule has 2 fully saturated rings. The molecule has 2 aliphatic rings. The van der Waals surface area contributed by atoms with Crippen molar-refractivity contribution in [1.29, 1.82) is 0 Å². The van der Waals surface area contributed by atoms with Gasteiger partial charge in [0.25, 0.3) is 0 Å². The SMILES string of the molecule is COCC1CC(C(=O)N(C)C(C)C2CCC(Cl)CC2)C([NH+]=O)CC1OC. The molecule has 26 heavy (non-hydrogen) atoms. The lowest BCUT2D eigenvalue weighted by molar-refractivity contribution is -0.539. The largest absolute Gasteiger partial charge is 0.384 e. The van der Waals surface area contributed by atoms with Crippen LogP contribution in [0.15, 0.2) is 0 Å². The van der Waals surface area contributed by atoms with Crippen molar-refractivity contribution in [2.45, 2.75) is 69.0 Å². The third-order valence-electron chi connectivity index (χ3n) is 6.55. The lowest BCUT2D eigenvalue weighted by atomic mass is 9.75. The van der Waals surface area contributed by atoms with E-state index >= 15 is 0 Å². The molecule has 2 aliphatic carbocycles. The van der Waals surface area contributed by atoms with Crippen molar-refractivity contribution < 1.29 is 19.4 Å². The number of carbonyl (C=O) groups is 1. The Morgan fingerprint density at radius 3 is 2.42 bits per heavy atom. The summed E-state index contributed by atoms with van der Waals surface area (Å²) in [6.07, 6.45) is 5.21. The third-order valence-corrected chi connectivity index (χ3v) is 6.99. The van der Waals surface area contributed by atoms with E-state index in [1.807, 2.05) is 11.9 Å². The normalized spacial score (nSPS) is 36.3. The van der Waals surface area contributed by atoms with Gasteiger partial charge in [-0.3, -0.25) is 4.79 Å². The molecule has 0 bridgehead atoms. The van der Waals surface area contributed by atoms with Crippen molar-refractivity contribution in [2.24, 2.45) is 17.8 Å². The molecule has 0 saturated heterocycles. The van der Waals surface area contributed by atoms with Crippen molar-refractivity contribution >= 4 is 17.5 Å². The number of hydrogen-bond acceptors (Lipinski definition) is 4. The van der Waals surface area contributed by atoms with Crippen LogP contribution in [-0.2, 0) is 14.3 Å². The second-order valence-corrected chi connectivity index (χ2v) is 8.61. The van der Waals surface area contributed by atoms with Crippen molar-refractivity contribution in [1.82, 2.24) is 4.90 Å². The number of hydrogen-bond donors (Lipinski definition) is 1. The van der Waals surface area contributed by atoms with E-state index in [0.29, 0.717) is 25.4 Å². The number of halogens is 1. The fourth-order valence-corrected chi connectivity index (χ4v) is 4.92. The highest BCUT2D eigenvalue weighted by molar-refractivity contribution is 6.20. The molecule has 0 spiro atoms. The van der Waals surface area contributed by atoms with Crippen LogP contribution in [0.3, 0.4) is 0 Å². The van der Waals surface area contributed by atoms with Gasteiger partial charge < -0.3 is 14.4 Å². The van der Waals surface area contributed by atoms with E-state index in [0.717, 1.165) is 25.7 Å². The van der Waals surface area contributed by atoms with E-state index in [-0.39, 0.29) is 35.3 Å². The van der Waals surface area contributed by atoms with E-state index < -0.39 is 6.04 Å². The first-order chi connectivity index (χ1) is 12.4. The molecule has 0 aromatic carbocycles. The van der Waals surface area contributed by atoms with Gasteiger partial charge in [-0.15, -0.1) is 11.6 Å². The van der Waals surface area contributed by atoms with E-state index in [9.17, 15) is 9.70 Å². The number of nitroso groups, excluding NO2 is 1. The maximum absolute atomic E-state index is 13.2. The fraction of sp³-hybridized carbons (Fsp3) is 0.947. The molecule has 150 valence electrons. The highest BCUT2D eigenvalue weighted by atomic mass is 35.5. The molecular formula is C19H34ClN2O4+. The quantitative estimate of drug-likeness (QED) is 0.670. The zero-order valence-electron chi connectivity index (χ0n) is 16.4. The van der Waals surface area contributed by atoms with E-state index in [1.54, 1.807) is 14.2 Å². The summed E-state index contributed by atoms with van der Waals surface area (Å²) < 4.78 is 10.8. The molecule has 0 heterocycles. The number of nitrogens with zero attached hydrogens (tertiary/aromatic N) is 1. The average Bonchev–Trinajstić information content (AvgIpc) is 2.66. The van der Waals surface area contributed by atoms with Crippen LogP contribution in [0.5, 0.6) is 0 Å². The van der Waals surface area contributed by atoms with Crippen LogP contribution in [0, 0.1) is 22.7 Å². The predicted molar refractivity (Wildman–Crippen MR) is 101 cm³/mol. The van der Waals surface area contributed by atoms with Crippen molar-refractivity contribution in [2.75, 3.05) is 27.9 Å². The maximum atomic E-state index is 13.2. The lowest BCUT2D eigenvalue weighted by Gasteiger charge is -2.40. The minimum atomic E-state index is -0.409. The summed E-state index contributed by atoms with van der Waals surface area (Å²) in [4.78, 5) is 26.6. The van der Waals surface area contributed by atoms with Gasteiger partial charge in [0.15, 0.2) is 0 Å². The Bertz CT molecular complexity index is 470. The highest BCUT2D eigenvalue weighted by Crippen LogP contribution is 2.34. The van der Waals surface area contributed by atoms with Gasteiger partial charge in [-0.05, 0) is 50.1 Å². The van der Waals surface area contributed by atoms with Crippen LogP contribution in [0.4, 0.5) is 0 Å². The monoisotopic (exact) mass is 389 g/mol. The Morgan fingerprint density at radius 1 is 1.23 bits per heavy atom. The third kappa shape index (κ3) is 4.96. The summed E-state index contributed by atoms with van der Waals surface area (Å²) in [7, 11) is 5.18. The van der Waals surface area contributed by atoms with Crippen LogP contribution in [0.2, 0.25) is 0 Å². The number of methoxy groups -OCH3 is 2. The maximum Gasteiger partial charge on any atom is 0.232 e. The number of carbonyl (C=O) groups excluding carboxylic acids is 1. The Balaban J connectivity index is 2.05. The van der Waals surface area contributed by atoms with Crippen LogP contribution < -0.4 is 5.18 Å². The van der Waals surface area contributed by atoms with Gasteiger partial charge in [-0.2, -0.15) is 0 Å². The molecule has 6 nitrogen and oxygen atoms in total. The molecule has 5 unspecified atom stereocenters. The number of ether oxygens (including phenoxy) is 2. The highest BCUT2D eigenvalue weighted by Gasteiger charge is 2.46. The standard InChI is InChI=1S/C19H33ClN2O4/c1-12(13-5-7-15(20)8-6-13)22(2)19(23)16-9-14(11-25-3)18(26-4)10-17(16)21-24/h12-18H,5-11H2,1-4H3/p+1. The molecule has 2 rings (SSSR count). The van der Waals surface area contributed by atoms with Gasteiger partial charge in [0, 0.05) is 49.9 Å². The van der Waals surface area contributed by atoms with Gasteiger partial charge in [-0.25, -0.2) is 0 Å². The predicted octanol–water partition coefficient (Wildman–Crippen LogP) is 1.53. The van der Waals surface area contributed by atoms with Crippen LogP contribution in [0.1, 0.15) is 45.4 Å². The minimum Gasteiger partial charge on any atom is -0.384 e. The zero-order chi connectivity index (χ0) is 19.3. The summed E-state index contributed by atoms with van der Waals surface area (Å²) >= 11 is 6.21. The first kappa shape index (κ1) is 21.6. The first-order valence-electron chi connectivity index (χ1n) is 9.73. The van der Waals surface area contributed by atoms with Crippen molar-refractivity contribution in [3.8, 4) is 0 Å². The summed E-state index contributed by atoms with van der Waals surface area (Å²) in [5.41, 5.74) is 0. The summed E-state index contributed by atoms with van der Waals surface area (Å²) in [6.45, 7) is 2.65. The van der Waals surface area contributed by atoms with E-state index in [4.69, 9.17) is 21.1 Å². The Kier molecular flexibility index (Phi) is 8.30. The molecule has 0 aliphatic heterocycles. The van der Waals surface area contributed by atoms with E-state index in [2.05, 4.69) is 12.1 Å². The van der Waals surface area contributed by atoms with Gasteiger partial charge in [0.1, 0.15) is 5.92 Å². The molecule has 0 aromatic rings. The van der Waals surface area contributed by atoms with Crippen LogP contribution in [-0.4, -0.2) is 62.2 Å². The molecular weight excluding hydrogens is 356 g/mol. The lowest BCUT2D eigenvalue weighted by Crippen LogP contribution is -2.78. The number of nitrogens with one attached hydrogen (secondary N) is 1. The van der Waals surface area contributed by atoms with Crippen molar-refractivity contribution in [3.05, 3.63) is 4.91 Å². The number of rotatable bonds is 7. The number of amides is 1. The second-order valence-electron chi connectivity index (χ2n) is 7.99. The molecule has 1 amide bonds. The molecule has 7 heteroatoms. The first-order valence-corrected chi connectivity index (χ1v) is 10.2. The van der Waals surface area contributed by atoms with Gasteiger partial charge in [0.05, 0.1) is 12.7 Å². The fourth-order valence-electron chi connectivity index (χ4n) is 4.67. The minimum absolute atomic E-state index is 0.0505. The van der Waals surface area contributed by atoms with Gasteiger partial charge in [0.2, 0.25) is 11.9 Å². The Labute approximate surface area is 161 Å². The Morgan fingerprint density at radius 2 is 1.88 bits per heavy atom. The van der Waals surface area contributed by atoms with Crippen LogP contribution in [0.25, 0.3) is 0 Å². The van der Waals surface area contributed by atoms with Crippen molar-refractivity contribution in [3.63, 3.8) is 0 Å². The number of alkyl halides is 1. The Hall–Kier alpha value is -0.720. The molecule has 0 aromatic heterocycles. The summed E-state index contributed by atoms with van der Waals surface area (Å²) in [6, 6.07) is -0.256. The topological polar surface area (TPSA) is 69.8 Å².